The third-order valence-electron chi connectivity index (χ3n) is 8.06. The van der Waals surface area contributed by atoms with Crippen LogP contribution >= 0.6 is 136 Å². The van der Waals surface area contributed by atoms with Crippen molar-refractivity contribution in [2.75, 3.05) is 0 Å². The van der Waals surface area contributed by atoms with Crippen molar-refractivity contribution in [2.45, 2.75) is 19.1 Å². The van der Waals surface area contributed by atoms with Gasteiger partial charge < -0.3 is 9.47 Å². The number of halogens is 12. The van der Waals surface area contributed by atoms with Gasteiger partial charge in [-0.1, -0.05) is 72.8 Å². The monoisotopic (exact) mass is 1400 g/mol. The highest BCUT2D eigenvalue weighted by Crippen LogP contribution is 2.39. The molecular formula is C39H20F6I6O2. The first-order valence-corrected chi connectivity index (χ1v) is 21.7. The number of alkyl halides is 6. The van der Waals surface area contributed by atoms with Gasteiger partial charge in [-0.05, 0) is 234 Å². The SMILES string of the molecule is FC(F)(F)Oc1ccc(-c2ccc(-c3ccc(Cc4ccc(-c5ccc(-c6ccc(OC(F)(F)F)cc6)c(I)c5)c(I)c4I)c(I)c3I)cc2I)cc1. The van der Waals surface area contributed by atoms with Gasteiger partial charge in [0.05, 0.1) is 0 Å². The van der Waals surface area contributed by atoms with Crippen LogP contribution in [0.2, 0.25) is 0 Å². The average molecular weight is 1400 g/mol. The van der Waals surface area contributed by atoms with E-state index in [1.165, 1.54) is 35.4 Å². The first-order chi connectivity index (χ1) is 25.0. The predicted octanol–water partition coefficient (Wildman–Crippen LogP) is 15.4. The Balaban J connectivity index is 1.19. The molecule has 0 fully saturated rings. The Morgan fingerprint density at radius 2 is 0.698 bits per heavy atom. The van der Waals surface area contributed by atoms with Crippen molar-refractivity contribution < 1.29 is 35.8 Å². The third kappa shape index (κ3) is 10.3. The summed E-state index contributed by atoms with van der Waals surface area (Å²) >= 11 is 14.1. The zero-order chi connectivity index (χ0) is 38.2. The van der Waals surface area contributed by atoms with Crippen molar-refractivity contribution in [3.63, 3.8) is 0 Å². The number of rotatable bonds is 8. The summed E-state index contributed by atoms with van der Waals surface area (Å²) in [5, 5.41) is 0. The molecule has 6 aromatic carbocycles. The van der Waals surface area contributed by atoms with Crippen LogP contribution in [0.4, 0.5) is 26.3 Å². The quantitative estimate of drug-likeness (QED) is 0.112. The highest BCUT2D eigenvalue weighted by molar-refractivity contribution is 14.1. The summed E-state index contributed by atoms with van der Waals surface area (Å²) in [6.45, 7) is 0. The summed E-state index contributed by atoms with van der Waals surface area (Å²) in [5.74, 6) is -0.513. The average Bonchev–Trinajstić information content (AvgIpc) is 3.08. The normalized spacial score (nSPS) is 11.8. The van der Waals surface area contributed by atoms with E-state index >= 15 is 0 Å². The van der Waals surface area contributed by atoms with Gasteiger partial charge in [-0.2, -0.15) is 0 Å². The van der Waals surface area contributed by atoms with Crippen LogP contribution in [0.3, 0.4) is 0 Å². The van der Waals surface area contributed by atoms with Crippen LogP contribution in [0.25, 0.3) is 44.5 Å². The smallest absolute Gasteiger partial charge is 0.406 e. The molecule has 0 saturated heterocycles. The molecule has 272 valence electrons. The van der Waals surface area contributed by atoms with Crippen LogP contribution in [0.5, 0.6) is 11.5 Å². The Hall–Kier alpha value is -1.12. The fraction of sp³-hybridized carbons (Fsp3) is 0.0769. The van der Waals surface area contributed by atoms with Crippen molar-refractivity contribution in [3.8, 4) is 56.0 Å². The van der Waals surface area contributed by atoms with Gasteiger partial charge in [0, 0.05) is 21.4 Å². The highest BCUT2D eigenvalue weighted by Gasteiger charge is 2.32. The van der Waals surface area contributed by atoms with E-state index in [1.807, 2.05) is 24.3 Å². The number of hydrogen-bond acceptors (Lipinski definition) is 2. The lowest BCUT2D eigenvalue weighted by molar-refractivity contribution is -0.275. The maximum Gasteiger partial charge on any atom is 0.573 e. The van der Waals surface area contributed by atoms with Gasteiger partial charge in [0.25, 0.3) is 0 Å². The molecular weight excluding hydrogens is 1380 g/mol. The van der Waals surface area contributed by atoms with Crippen LogP contribution in [-0.2, 0) is 6.42 Å². The highest BCUT2D eigenvalue weighted by atomic mass is 127. The standard InChI is InChI=1S/C39H20F6I6O2/c40-38(41,42)52-26-9-1-20(2-10-26)28-13-5-22(18-32(28)46)30-15-7-24(34(48)36(30)50)17-25-8-16-31(37(51)35(25)49)23-6-14-29(33(47)19-23)21-3-11-27(12-4-21)53-39(43,44)45/h1-16,18-19H,17H2. The first-order valence-electron chi connectivity index (χ1n) is 15.2. The molecule has 0 N–H and O–H groups in total. The molecule has 0 aliphatic carbocycles. The van der Waals surface area contributed by atoms with E-state index < -0.39 is 12.7 Å². The maximum atomic E-state index is 12.6. The van der Waals surface area contributed by atoms with Gasteiger partial charge in [0.15, 0.2) is 0 Å². The lowest BCUT2D eigenvalue weighted by Crippen LogP contribution is -2.16. The molecule has 6 rings (SSSR count). The Morgan fingerprint density at radius 3 is 1.02 bits per heavy atom. The summed E-state index contributed by atoms with van der Waals surface area (Å²) in [5.41, 5.74) is 10.1. The fourth-order valence-electron chi connectivity index (χ4n) is 5.61. The fourth-order valence-corrected chi connectivity index (χ4v) is 10.3. The molecule has 0 aliphatic heterocycles. The van der Waals surface area contributed by atoms with E-state index in [0.29, 0.717) is 0 Å². The zero-order valence-electron chi connectivity index (χ0n) is 26.5. The van der Waals surface area contributed by atoms with Gasteiger partial charge in [-0.15, -0.1) is 26.3 Å². The van der Waals surface area contributed by atoms with E-state index in [0.717, 1.165) is 72.3 Å². The summed E-state index contributed by atoms with van der Waals surface area (Å²) in [6.07, 6.45) is -8.72. The lowest BCUT2D eigenvalue weighted by Gasteiger charge is -2.16. The Labute approximate surface area is 383 Å². The zero-order valence-corrected chi connectivity index (χ0v) is 39.4. The molecule has 53 heavy (non-hydrogen) atoms. The molecule has 14 heteroatoms. The summed E-state index contributed by atoms with van der Waals surface area (Å²) < 4.78 is 90.1. The number of ether oxygens (including phenoxy) is 2. The van der Waals surface area contributed by atoms with Crippen LogP contribution < -0.4 is 9.47 Å². The maximum absolute atomic E-state index is 12.6. The molecule has 0 aliphatic rings. The second kappa shape index (κ2) is 17.2. The van der Waals surface area contributed by atoms with Gasteiger partial charge in [-0.3, -0.25) is 0 Å². The summed E-state index contributed by atoms with van der Waals surface area (Å²) in [4.78, 5) is 0. The second-order valence-electron chi connectivity index (χ2n) is 11.5. The van der Waals surface area contributed by atoms with E-state index in [9.17, 15) is 26.3 Å². The minimum absolute atomic E-state index is 0.256. The van der Waals surface area contributed by atoms with Crippen molar-refractivity contribution in [1.29, 1.82) is 0 Å². The molecule has 0 bridgehead atoms. The molecule has 0 saturated carbocycles. The molecule has 0 spiro atoms. The number of benzene rings is 6. The van der Waals surface area contributed by atoms with E-state index in [1.54, 1.807) is 24.3 Å². The number of hydrogen-bond donors (Lipinski definition) is 0. The topological polar surface area (TPSA) is 18.5 Å². The van der Waals surface area contributed by atoms with Crippen molar-refractivity contribution in [1.82, 2.24) is 0 Å². The van der Waals surface area contributed by atoms with Crippen molar-refractivity contribution in [2.24, 2.45) is 0 Å². The molecule has 2 nitrogen and oxygen atoms in total. The van der Waals surface area contributed by atoms with Crippen molar-refractivity contribution in [3.05, 3.63) is 142 Å². The summed E-state index contributed by atoms with van der Waals surface area (Å²) in [6, 6.07) is 32.6. The molecule has 0 amide bonds. The van der Waals surface area contributed by atoms with E-state index in [2.05, 4.69) is 181 Å². The van der Waals surface area contributed by atoms with Crippen LogP contribution in [0, 0.1) is 21.4 Å². The van der Waals surface area contributed by atoms with Gasteiger partial charge >= 0.3 is 12.7 Å². The van der Waals surface area contributed by atoms with E-state index in [4.69, 9.17) is 0 Å². The Kier molecular flexibility index (Phi) is 13.4. The minimum Gasteiger partial charge on any atom is -0.406 e. The third-order valence-corrected chi connectivity index (χ3v) is 16.6. The van der Waals surface area contributed by atoms with Gasteiger partial charge in [0.2, 0.25) is 0 Å². The van der Waals surface area contributed by atoms with E-state index in [-0.39, 0.29) is 11.5 Å². The van der Waals surface area contributed by atoms with Crippen LogP contribution in [0.15, 0.2) is 109 Å². The molecule has 0 unspecified atom stereocenters. The summed E-state index contributed by atoms with van der Waals surface area (Å²) in [7, 11) is 0. The molecule has 0 heterocycles. The van der Waals surface area contributed by atoms with Gasteiger partial charge in [-0.25, -0.2) is 0 Å². The second-order valence-corrected chi connectivity index (χ2v) is 18.2. The van der Waals surface area contributed by atoms with Crippen LogP contribution in [-0.4, -0.2) is 12.7 Å². The molecule has 6 aromatic rings. The van der Waals surface area contributed by atoms with Crippen molar-refractivity contribution >= 4 is 136 Å². The lowest BCUT2D eigenvalue weighted by atomic mass is 9.96. The van der Waals surface area contributed by atoms with Crippen LogP contribution in [0.1, 0.15) is 11.1 Å². The first kappa shape index (κ1) is 41.5. The molecule has 0 atom stereocenters. The molecule has 0 radical (unpaired) electrons. The van der Waals surface area contributed by atoms with Gasteiger partial charge in [0.1, 0.15) is 11.5 Å². The predicted molar refractivity (Wildman–Crippen MR) is 247 cm³/mol. The molecule has 0 aromatic heterocycles. The Bertz CT molecular complexity index is 2150. The largest absolute Gasteiger partial charge is 0.573 e. The Morgan fingerprint density at radius 1 is 0.377 bits per heavy atom. The minimum atomic E-state index is -4.73.